The molecule has 2 saturated heterocycles. The monoisotopic (exact) mass is 288 g/mol. The van der Waals surface area contributed by atoms with Crippen molar-refractivity contribution in [1.29, 1.82) is 0 Å². The number of likely N-dealkylation sites (tertiary alicyclic amines) is 2. The number of nitrogens with zero attached hydrogens (tertiary/aromatic N) is 2. The Labute approximate surface area is 128 Å². The second kappa shape index (κ2) is 5.42. The molecule has 2 aliphatic carbocycles. The summed E-state index contributed by atoms with van der Waals surface area (Å²) < 4.78 is 0. The van der Waals surface area contributed by atoms with Gasteiger partial charge in [-0.05, 0) is 63.8 Å². The highest BCUT2D eigenvalue weighted by molar-refractivity contribution is 5.94. The van der Waals surface area contributed by atoms with Crippen LogP contribution in [0.3, 0.4) is 0 Å². The summed E-state index contributed by atoms with van der Waals surface area (Å²) in [5.41, 5.74) is 1.51. The van der Waals surface area contributed by atoms with Gasteiger partial charge in [-0.25, -0.2) is 0 Å². The molecule has 4 aliphatic rings. The highest BCUT2D eigenvalue weighted by Crippen LogP contribution is 2.41. The Morgan fingerprint density at radius 1 is 1.19 bits per heavy atom. The number of carbonyl (C=O) groups is 1. The summed E-state index contributed by atoms with van der Waals surface area (Å²) in [7, 11) is 0. The molecule has 2 aliphatic heterocycles. The van der Waals surface area contributed by atoms with Crippen molar-refractivity contribution >= 4 is 5.91 Å². The van der Waals surface area contributed by atoms with Crippen LogP contribution in [-0.4, -0.2) is 48.4 Å². The van der Waals surface area contributed by atoms with E-state index in [9.17, 15) is 4.79 Å². The van der Waals surface area contributed by atoms with Crippen molar-refractivity contribution in [1.82, 2.24) is 9.80 Å². The van der Waals surface area contributed by atoms with Gasteiger partial charge in [0.15, 0.2) is 0 Å². The molecule has 0 aromatic heterocycles. The van der Waals surface area contributed by atoms with Crippen LogP contribution in [0.1, 0.15) is 51.4 Å². The number of carbonyl (C=O) groups excluding carboxylic acids is 1. The van der Waals surface area contributed by atoms with E-state index >= 15 is 0 Å². The lowest BCUT2D eigenvalue weighted by Gasteiger charge is -2.40. The lowest BCUT2D eigenvalue weighted by atomic mass is 9.79. The summed E-state index contributed by atoms with van der Waals surface area (Å²) in [6.45, 7) is 5.86. The third-order valence-corrected chi connectivity index (χ3v) is 5.99. The van der Waals surface area contributed by atoms with Crippen molar-refractivity contribution in [2.75, 3.05) is 32.7 Å². The van der Waals surface area contributed by atoms with Crippen LogP contribution in [0.5, 0.6) is 0 Å². The predicted molar refractivity (Wildman–Crippen MR) is 84.0 cm³/mol. The first-order valence-corrected chi connectivity index (χ1v) is 8.95. The molecule has 0 bridgehead atoms. The smallest absolute Gasteiger partial charge is 0.249 e. The number of hydrogen-bond donors (Lipinski definition) is 0. The summed E-state index contributed by atoms with van der Waals surface area (Å²) in [5.74, 6) is 1.34. The first-order valence-electron chi connectivity index (χ1n) is 8.95. The van der Waals surface area contributed by atoms with E-state index in [2.05, 4.69) is 15.9 Å². The quantitative estimate of drug-likeness (QED) is 0.797. The molecule has 0 aromatic carbocycles. The Balaban J connectivity index is 1.38. The normalized spacial score (nSPS) is 33.7. The third kappa shape index (κ3) is 2.90. The molecular weight excluding hydrogens is 260 g/mol. The Kier molecular flexibility index (Phi) is 3.56. The summed E-state index contributed by atoms with van der Waals surface area (Å²) in [4.78, 5) is 17.4. The van der Waals surface area contributed by atoms with Gasteiger partial charge in [0.25, 0.3) is 0 Å². The molecule has 0 radical (unpaired) electrons. The number of rotatable bonds is 3. The fraction of sp³-hybridized carbons (Fsp3) is 0.833. The zero-order chi connectivity index (χ0) is 14.3. The maximum atomic E-state index is 12.6. The fourth-order valence-electron chi connectivity index (χ4n) is 4.64. The van der Waals surface area contributed by atoms with Gasteiger partial charge in [-0.2, -0.15) is 0 Å². The van der Waals surface area contributed by atoms with Crippen LogP contribution in [0.25, 0.3) is 0 Å². The molecule has 1 unspecified atom stereocenters. The molecule has 21 heavy (non-hydrogen) atoms. The van der Waals surface area contributed by atoms with Crippen LogP contribution in [0.2, 0.25) is 0 Å². The molecule has 3 heteroatoms. The average molecular weight is 288 g/mol. The van der Waals surface area contributed by atoms with Crippen molar-refractivity contribution in [2.24, 2.45) is 11.3 Å². The van der Waals surface area contributed by atoms with Gasteiger partial charge >= 0.3 is 0 Å². The van der Waals surface area contributed by atoms with Crippen molar-refractivity contribution in [2.45, 2.75) is 51.4 Å². The lowest BCUT2D eigenvalue weighted by molar-refractivity contribution is -0.126. The fourth-order valence-corrected chi connectivity index (χ4v) is 4.64. The summed E-state index contributed by atoms with van der Waals surface area (Å²) in [5, 5.41) is 0. The number of hydrogen-bond acceptors (Lipinski definition) is 2. The lowest BCUT2D eigenvalue weighted by Crippen LogP contribution is -2.46. The van der Waals surface area contributed by atoms with Crippen LogP contribution < -0.4 is 0 Å². The minimum absolute atomic E-state index is 0.351. The molecule has 3 nitrogen and oxygen atoms in total. The van der Waals surface area contributed by atoms with Crippen LogP contribution in [0.4, 0.5) is 0 Å². The molecule has 2 heterocycles. The van der Waals surface area contributed by atoms with Gasteiger partial charge in [0.1, 0.15) is 0 Å². The number of amides is 1. The predicted octanol–water partition coefficient (Wildman–Crippen LogP) is 2.82. The van der Waals surface area contributed by atoms with Crippen LogP contribution in [0, 0.1) is 11.3 Å². The van der Waals surface area contributed by atoms with Crippen molar-refractivity contribution in [3.63, 3.8) is 0 Å². The van der Waals surface area contributed by atoms with Crippen LogP contribution >= 0.6 is 0 Å². The molecule has 1 atom stereocenters. The van der Waals surface area contributed by atoms with Gasteiger partial charge in [-0.1, -0.05) is 6.08 Å². The second-order valence-electron chi connectivity index (χ2n) is 7.88. The van der Waals surface area contributed by atoms with E-state index in [0.717, 1.165) is 37.4 Å². The standard InChI is InChI=1S/C18H28N2O/c21-17(16-4-1-2-5-16)20-11-9-18(14-20)8-3-10-19(13-18)12-15-6-7-15/h4,15H,1-3,5-14H2. The molecular formula is C18H28N2O. The zero-order valence-electron chi connectivity index (χ0n) is 13.1. The van der Waals surface area contributed by atoms with E-state index in [0.29, 0.717) is 11.3 Å². The minimum atomic E-state index is 0.351. The van der Waals surface area contributed by atoms with Crippen molar-refractivity contribution < 1.29 is 4.79 Å². The summed E-state index contributed by atoms with van der Waals surface area (Å²) in [6.07, 6.45) is 12.3. The molecule has 116 valence electrons. The molecule has 1 amide bonds. The number of piperidine rings is 1. The second-order valence-corrected chi connectivity index (χ2v) is 7.88. The maximum Gasteiger partial charge on any atom is 0.249 e. The van der Waals surface area contributed by atoms with Gasteiger partial charge in [0, 0.05) is 37.2 Å². The zero-order valence-corrected chi connectivity index (χ0v) is 13.1. The summed E-state index contributed by atoms with van der Waals surface area (Å²) >= 11 is 0. The molecule has 4 rings (SSSR count). The van der Waals surface area contributed by atoms with Gasteiger partial charge in [-0.3, -0.25) is 4.79 Å². The number of allylic oxidation sites excluding steroid dienone is 1. The van der Waals surface area contributed by atoms with Gasteiger partial charge in [0.05, 0.1) is 0 Å². The highest BCUT2D eigenvalue weighted by Gasteiger charge is 2.43. The topological polar surface area (TPSA) is 23.6 Å². The average Bonchev–Trinajstić information content (AvgIpc) is 3.00. The highest BCUT2D eigenvalue weighted by atomic mass is 16.2. The van der Waals surface area contributed by atoms with Crippen LogP contribution in [0.15, 0.2) is 11.6 Å². The van der Waals surface area contributed by atoms with E-state index in [1.54, 1.807) is 0 Å². The molecule has 1 spiro atoms. The van der Waals surface area contributed by atoms with Gasteiger partial charge in [0.2, 0.25) is 5.91 Å². The third-order valence-electron chi connectivity index (χ3n) is 5.99. The molecule has 3 fully saturated rings. The first kappa shape index (κ1) is 13.8. The molecule has 0 aromatic rings. The molecule has 1 saturated carbocycles. The van der Waals surface area contributed by atoms with E-state index in [1.165, 1.54) is 58.2 Å². The Morgan fingerprint density at radius 3 is 2.86 bits per heavy atom. The van der Waals surface area contributed by atoms with Gasteiger partial charge in [-0.15, -0.1) is 0 Å². The van der Waals surface area contributed by atoms with E-state index in [1.807, 2.05) is 0 Å². The Bertz CT molecular complexity index is 454. The Hall–Kier alpha value is -0.830. The Morgan fingerprint density at radius 2 is 2.10 bits per heavy atom. The maximum absolute atomic E-state index is 12.6. The van der Waals surface area contributed by atoms with E-state index in [-0.39, 0.29) is 0 Å². The first-order chi connectivity index (χ1) is 10.2. The summed E-state index contributed by atoms with van der Waals surface area (Å²) in [6, 6.07) is 0. The SMILES string of the molecule is O=C(C1=CCCC1)N1CCC2(CCCN(CC3CC3)C2)C1. The van der Waals surface area contributed by atoms with E-state index < -0.39 is 0 Å². The van der Waals surface area contributed by atoms with Crippen molar-refractivity contribution in [3.8, 4) is 0 Å². The largest absolute Gasteiger partial charge is 0.338 e. The molecule has 0 N–H and O–H groups in total. The van der Waals surface area contributed by atoms with Gasteiger partial charge < -0.3 is 9.80 Å². The van der Waals surface area contributed by atoms with Crippen LogP contribution in [-0.2, 0) is 4.79 Å². The van der Waals surface area contributed by atoms with E-state index in [4.69, 9.17) is 0 Å². The minimum Gasteiger partial charge on any atom is -0.338 e. The van der Waals surface area contributed by atoms with Crippen molar-refractivity contribution in [3.05, 3.63) is 11.6 Å².